The van der Waals surface area contributed by atoms with Gasteiger partial charge in [-0.05, 0) is 45.4 Å². The summed E-state index contributed by atoms with van der Waals surface area (Å²) >= 11 is 0. The Kier molecular flexibility index (Phi) is 7.60. The van der Waals surface area contributed by atoms with Crippen LogP contribution in [0.5, 0.6) is 0 Å². The second-order valence-electron chi connectivity index (χ2n) is 5.92. The second kappa shape index (κ2) is 9.20. The van der Waals surface area contributed by atoms with Crippen LogP contribution >= 0.6 is 0 Å². The average Bonchev–Trinajstić information content (AvgIpc) is 2.39. The molecular formula is C17H27N3O2. The Hall–Kier alpha value is -1.88. The van der Waals surface area contributed by atoms with Gasteiger partial charge in [-0.15, -0.1) is 0 Å². The topological polar surface area (TPSA) is 61.4 Å². The van der Waals surface area contributed by atoms with E-state index >= 15 is 0 Å². The molecule has 5 heteroatoms. The monoisotopic (exact) mass is 305 g/mol. The van der Waals surface area contributed by atoms with E-state index in [1.165, 1.54) is 11.1 Å². The Bertz CT molecular complexity index is 500. The summed E-state index contributed by atoms with van der Waals surface area (Å²) in [7, 11) is 1.76. The van der Waals surface area contributed by atoms with Crippen molar-refractivity contribution in [3.05, 3.63) is 35.4 Å². The number of rotatable bonds is 8. The lowest BCUT2D eigenvalue weighted by molar-refractivity contribution is -0.124. The van der Waals surface area contributed by atoms with Crippen LogP contribution in [0, 0.1) is 6.92 Å². The largest absolute Gasteiger partial charge is 0.355 e. The molecule has 0 saturated heterocycles. The summed E-state index contributed by atoms with van der Waals surface area (Å²) in [5.41, 5.74) is 2.48. The minimum atomic E-state index is -0.0646. The van der Waals surface area contributed by atoms with E-state index in [0.29, 0.717) is 6.54 Å². The highest BCUT2D eigenvalue weighted by molar-refractivity contribution is 5.81. The first-order chi connectivity index (χ1) is 10.4. The van der Waals surface area contributed by atoms with E-state index in [1.807, 2.05) is 26.0 Å². The lowest BCUT2D eigenvalue weighted by atomic mass is 10.1. The molecule has 0 radical (unpaired) electrons. The molecule has 0 aliphatic heterocycles. The fourth-order valence-corrected chi connectivity index (χ4v) is 2.20. The van der Waals surface area contributed by atoms with Gasteiger partial charge in [-0.1, -0.05) is 24.3 Å². The number of hydrogen-bond acceptors (Lipinski definition) is 3. The van der Waals surface area contributed by atoms with Gasteiger partial charge in [-0.3, -0.25) is 14.5 Å². The highest BCUT2D eigenvalue weighted by atomic mass is 16.2. The highest BCUT2D eigenvalue weighted by Crippen LogP contribution is 2.06. The Balaban J connectivity index is 2.25. The third-order valence-corrected chi connectivity index (χ3v) is 3.25. The van der Waals surface area contributed by atoms with Crippen molar-refractivity contribution in [2.75, 3.05) is 26.7 Å². The van der Waals surface area contributed by atoms with Gasteiger partial charge in [-0.2, -0.15) is 0 Å². The van der Waals surface area contributed by atoms with Crippen molar-refractivity contribution in [3.63, 3.8) is 0 Å². The van der Waals surface area contributed by atoms with E-state index in [-0.39, 0.29) is 30.9 Å². The lowest BCUT2D eigenvalue weighted by Crippen LogP contribution is -2.42. The van der Waals surface area contributed by atoms with Crippen molar-refractivity contribution in [3.8, 4) is 0 Å². The van der Waals surface area contributed by atoms with Gasteiger partial charge < -0.3 is 10.6 Å². The van der Waals surface area contributed by atoms with Crippen LogP contribution in [0.15, 0.2) is 24.3 Å². The van der Waals surface area contributed by atoms with E-state index in [1.54, 1.807) is 11.9 Å². The smallest absolute Gasteiger partial charge is 0.234 e. The number of amides is 2. The number of nitrogens with zero attached hydrogens (tertiary/aromatic N) is 1. The number of carbonyl (C=O) groups excluding carboxylic acids is 2. The molecule has 5 nitrogen and oxygen atoms in total. The van der Waals surface area contributed by atoms with E-state index < -0.39 is 0 Å². The fraction of sp³-hybridized carbons (Fsp3) is 0.529. The summed E-state index contributed by atoms with van der Waals surface area (Å²) in [6.45, 7) is 6.95. The molecule has 0 aliphatic rings. The molecular weight excluding hydrogens is 278 g/mol. The fourth-order valence-electron chi connectivity index (χ4n) is 2.20. The zero-order valence-electron chi connectivity index (χ0n) is 14.0. The first-order valence-corrected chi connectivity index (χ1v) is 7.67. The normalized spacial score (nSPS) is 10.8. The lowest BCUT2D eigenvalue weighted by Gasteiger charge is -2.17. The van der Waals surface area contributed by atoms with E-state index in [9.17, 15) is 9.59 Å². The van der Waals surface area contributed by atoms with E-state index in [4.69, 9.17) is 0 Å². The molecule has 0 unspecified atom stereocenters. The number of benzene rings is 1. The number of likely N-dealkylation sites (N-methyl/N-ethyl adjacent to an activating group) is 1. The summed E-state index contributed by atoms with van der Waals surface area (Å²) in [6.07, 6.45) is 0.815. The van der Waals surface area contributed by atoms with Gasteiger partial charge in [0.2, 0.25) is 11.8 Å². The molecule has 22 heavy (non-hydrogen) atoms. The Morgan fingerprint density at radius 1 is 1.14 bits per heavy atom. The Labute approximate surface area is 133 Å². The van der Waals surface area contributed by atoms with Gasteiger partial charge in [0.15, 0.2) is 0 Å². The number of carbonyl (C=O) groups is 2. The molecule has 0 fully saturated rings. The van der Waals surface area contributed by atoms with Gasteiger partial charge in [0, 0.05) is 12.6 Å². The molecule has 0 bridgehead atoms. The van der Waals surface area contributed by atoms with Crippen LogP contribution in [0.1, 0.15) is 25.0 Å². The van der Waals surface area contributed by atoms with Crippen LogP contribution in [0.3, 0.4) is 0 Å². The van der Waals surface area contributed by atoms with Gasteiger partial charge in [-0.25, -0.2) is 0 Å². The zero-order valence-corrected chi connectivity index (χ0v) is 14.0. The first-order valence-electron chi connectivity index (χ1n) is 7.67. The van der Waals surface area contributed by atoms with Crippen molar-refractivity contribution in [1.82, 2.24) is 15.5 Å². The van der Waals surface area contributed by atoms with Crippen LogP contribution in [-0.4, -0.2) is 49.4 Å². The quantitative estimate of drug-likeness (QED) is 0.756. The maximum atomic E-state index is 11.8. The van der Waals surface area contributed by atoms with Crippen molar-refractivity contribution in [1.29, 1.82) is 0 Å². The summed E-state index contributed by atoms with van der Waals surface area (Å²) < 4.78 is 0. The van der Waals surface area contributed by atoms with Crippen LogP contribution in [0.2, 0.25) is 0 Å². The van der Waals surface area contributed by atoms with Gasteiger partial charge in [0.1, 0.15) is 0 Å². The third kappa shape index (κ3) is 7.22. The third-order valence-electron chi connectivity index (χ3n) is 3.25. The molecule has 122 valence electrons. The van der Waals surface area contributed by atoms with E-state index in [0.717, 1.165) is 6.42 Å². The van der Waals surface area contributed by atoms with Crippen LogP contribution in [0.25, 0.3) is 0 Å². The van der Waals surface area contributed by atoms with Crippen molar-refractivity contribution < 1.29 is 9.59 Å². The van der Waals surface area contributed by atoms with Crippen LogP contribution < -0.4 is 10.6 Å². The van der Waals surface area contributed by atoms with E-state index in [2.05, 4.69) is 29.7 Å². The number of aryl methyl sites for hydroxylation is 1. The molecule has 0 heterocycles. The molecule has 1 rings (SSSR count). The molecule has 1 aromatic carbocycles. The summed E-state index contributed by atoms with van der Waals surface area (Å²) in [4.78, 5) is 25.2. The summed E-state index contributed by atoms with van der Waals surface area (Å²) in [6, 6.07) is 8.27. The highest BCUT2D eigenvalue weighted by Gasteiger charge is 2.11. The van der Waals surface area contributed by atoms with Crippen molar-refractivity contribution in [2.24, 2.45) is 0 Å². The van der Waals surface area contributed by atoms with Crippen LogP contribution in [-0.2, 0) is 16.0 Å². The predicted octanol–water partition coefficient (Wildman–Crippen LogP) is 1.11. The van der Waals surface area contributed by atoms with Crippen molar-refractivity contribution >= 4 is 11.8 Å². The zero-order chi connectivity index (χ0) is 16.5. The Morgan fingerprint density at radius 2 is 1.77 bits per heavy atom. The molecule has 0 atom stereocenters. The molecule has 1 aromatic rings. The minimum Gasteiger partial charge on any atom is -0.355 e. The maximum absolute atomic E-state index is 11.8. The second-order valence-corrected chi connectivity index (χ2v) is 5.92. The number of nitrogens with one attached hydrogen (secondary N) is 2. The summed E-state index contributed by atoms with van der Waals surface area (Å²) in [5.74, 6) is -0.126. The molecule has 2 amide bonds. The average molecular weight is 305 g/mol. The van der Waals surface area contributed by atoms with Gasteiger partial charge in [0.25, 0.3) is 0 Å². The predicted molar refractivity (Wildman–Crippen MR) is 88.7 cm³/mol. The molecule has 2 N–H and O–H groups in total. The maximum Gasteiger partial charge on any atom is 0.234 e. The SMILES string of the molecule is Cc1ccccc1CCNC(=O)CN(C)CC(=O)NC(C)C. The molecule has 0 aromatic heterocycles. The summed E-state index contributed by atoms with van der Waals surface area (Å²) in [5, 5.41) is 5.70. The minimum absolute atomic E-state index is 0.0616. The van der Waals surface area contributed by atoms with Crippen LogP contribution in [0.4, 0.5) is 0 Å². The number of hydrogen-bond donors (Lipinski definition) is 2. The standard InChI is InChI=1S/C17H27N3O2/c1-13(2)19-17(22)12-20(4)11-16(21)18-10-9-15-8-6-5-7-14(15)3/h5-8,13H,9-12H2,1-4H3,(H,18,21)(H,19,22). The first kappa shape index (κ1) is 18.2. The molecule has 0 spiro atoms. The van der Waals surface area contributed by atoms with Gasteiger partial charge in [0.05, 0.1) is 13.1 Å². The molecule has 0 saturated carbocycles. The van der Waals surface area contributed by atoms with Crippen molar-refractivity contribution in [2.45, 2.75) is 33.2 Å². The Morgan fingerprint density at radius 3 is 2.41 bits per heavy atom. The molecule has 0 aliphatic carbocycles. The van der Waals surface area contributed by atoms with Gasteiger partial charge >= 0.3 is 0 Å².